The van der Waals surface area contributed by atoms with Gasteiger partial charge >= 0.3 is 0 Å². The zero-order valence-electron chi connectivity index (χ0n) is 14.2. The minimum Gasteiger partial charge on any atom is -0.497 e. The predicted molar refractivity (Wildman–Crippen MR) is 95.6 cm³/mol. The normalized spacial score (nSPS) is 16.9. The van der Waals surface area contributed by atoms with Gasteiger partial charge in [-0.15, -0.1) is 0 Å². The second kappa shape index (κ2) is 7.77. The van der Waals surface area contributed by atoms with Crippen molar-refractivity contribution in [2.75, 3.05) is 18.6 Å². The van der Waals surface area contributed by atoms with E-state index >= 15 is 0 Å². The second-order valence-electron chi connectivity index (χ2n) is 5.89. The van der Waals surface area contributed by atoms with Crippen LogP contribution in [0.15, 0.2) is 53.6 Å². The molecule has 1 fully saturated rings. The number of hydrogen-bond donors (Lipinski definition) is 1. The average molecular weight is 355 g/mol. The number of nitrogens with one attached hydrogen (secondary N) is 1. The second-order valence-corrected chi connectivity index (χ2v) is 5.89. The molecule has 1 aliphatic rings. The number of carbonyl (C=O) groups excluding carboxylic acids is 2. The molecule has 1 N–H and O–H groups in total. The number of nitrogens with zero attached hydrogens (tertiary/aromatic N) is 2. The van der Waals surface area contributed by atoms with Crippen molar-refractivity contribution in [3.05, 3.63) is 59.9 Å². The number of rotatable bonds is 5. The lowest BCUT2D eigenvalue weighted by atomic mass is 10.1. The van der Waals surface area contributed by atoms with E-state index in [2.05, 4.69) is 10.5 Å². The van der Waals surface area contributed by atoms with Gasteiger partial charge in [0.05, 0.1) is 19.2 Å². The molecule has 0 radical (unpaired) electrons. The van der Waals surface area contributed by atoms with Crippen LogP contribution in [0.5, 0.6) is 5.75 Å². The molecule has 3 rings (SSSR count). The summed E-state index contributed by atoms with van der Waals surface area (Å²) in [6, 6.07) is 12.9. The number of amides is 2. The SMILES string of the molecule is COc1cccc(/C=N\NC(=O)[C@H]2CC(=O)N(c3ccc(F)cc3)C2)c1. The van der Waals surface area contributed by atoms with E-state index in [1.165, 1.54) is 35.4 Å². The monoisotopic (exact) mass is 355 g/mol. The van der Waals surface area contributed by atoms with Crippen molar-refractivity contribution in [3.63, 3.8) is 0 Å². The van der Waals surface area contributed by atoms with Gasteiger partial charge in [-0.25, -0.2) is 9.82 Å². The molecule has 0 unspecified atom stereocenters. The fraction of sp³-hybridized carbons (Fsp3) is 0.211. The Kier molecular flexibility index (Phi) is 5.26. The molecule has 1 saturated heterocycles. The Hall–Kier alpha value is -3.22. The highest BCUT2D eigenvalue weighted by molar-refractivity contribution is 6.00. The van der Waals surface area contributed by atoms with E-state index in [4.69, 9.17) is 4.74 Å². The first-order valence-electron chi connectivity index (χ1n) is 8.09. The standard InChI is InChI=1S/C19H18FN3O3/c1-26-17-4-2-3-13(9-17)11-21-22-19(25)14-10-18(24)23(12-14)16-7-5-15(20)6-8-16/h2-9,11,14H,10,12H2,1H3,(H,22,25)/b21-11-/t14-/m0/s1. The van der Waals surface area contributed by atoms with Crippen LogP contribution in [0.4, 0.5) is 10.1 Å². The molecule has 7 heteroatoms. The van der Waals surface area contributed by atoms with Gasteiger partial charge in [0.25, 0.3) is 0 Å². The number of hydrogen-bond acceptors (Lipinski definition) is 4. The van der Waals surface area contributed by atoms with Crippen LogP contribution in [0.25, 0.3) is 0 Å². The summed E-state index contributed by atoms with van der Waals surface area (Å²) in [5.74, 6) is -0.691. The van der Waals surface area contributed by atoms with Crippen LogP contribution in [0, 0.1) is 11.7 Å². The largest absolute Gasteiger partial charge is 0.497 e. The Labute approximate surface area is 150 Å². The fourth-order valence-electron chi connectivity index (χ4n) is 2.74. The summed E-state index contributed by atoms with van der Waals surface area (Å²) in [6.07, 6.45) is 1.60. The summed E-state index contributed by atoms with van der Waals surface area (Å²) in [4.78, 5) is 25.9. The highest BCUT2D eigenvalue weighted by Gasteiger charge is 2.35. The van der Waals surface area contributed by atoms with Gasteiger partial charge in [0.2, 0.25) is 11.8 Å². The third-order valence-corrected chi connectivity index (χ3v) is 4.12. The number of halogens is 1. The summed E-state index contributed by atoms with van der Waals surface area (Å²) in [7, 11) is 1.57. The Morgan fingerprint density at radius 1 is 1.31 bits per heavy atom. The Balaban J connectivity index is 1.59. The van der Waals surface area contributed by atoms with Crippen LogP contribution in [0.1, 0.15) is 12.0 Å². The molecule has 26 heavy (non-hydrogen) atoms. The summed E-state index contributed by atoms with van der Waals surface area (Å²) >= 11 is 0. The van der Waals surface area contributed by atoms with Crippen LogP contribution in [-0.2, 0) is 9.59 Å². The van der Waals surface area contributed by atoms with Gasteiger partial charge in [0.15, 0.2) is 0 Å². The van der Waals surface area contributed by atoms with Crippen LogP contribution >= 0.6 is 0 Å². The van der Waals surface area contributed by atoms with Crippen molar-refractivity contribution in [3.8, 4) is 5.75 Å². The molecule has 6 nitrogen and oxygen atoms in total. The topological polar surface area (TPSA) is 71.0 Å². The van der Waals surface area contributed by atoms with E-state index in [0.717, 1.165) is 5.56 Å². The lowest BCUT2D eigenvalue weighted by Gasteiger charge is -2.16. The van der Waals surface area contributed by atoms with Crippen LogP contribution < -0.4 is 15.1 Å². The summed E-state index contributed by atoms with van der Waals surface area (Å²) in [6.45, 7) is 0.241. The molecule has 0 spiro atoms. The predicted octanol–water partition coefficient (Wildman–Crippen LogP) is 2.34. The third-order valence-electron chi connectivity index (χ3n) is 4.12. The quantitative estimate of drug-likeness (QED) is 0.661. The lowest BCUT2D eigenvalue weighted by molar-refractivity contribution is -0.126. The van der Waals surface area contributed by atoms with Gasteiger partial charge in [0.1, 0.15) is 11.6 Å². The number of hydrazone groups is 1. The van der Waals surface area contributed by atoms with Gasteiger partial charge in [-0.2, -0.15) is 5.10 Å². The smallest absolute Gasteiger partial charge is 0.245 e. The van der Waals surface area contributed by atoms with Crippen molar-refractivity contribution in [1.82, 2.24) is 5.43 Å². The van der Waals surface area contributed by atoms with Crippen LogP contribution in [-0.4, -0.2) is 31.7 Å². The molecular formula is C19H18FN3O3. The number of carbonyl (C=O) groups is 2. The molecule has 2 amide bonds. The zero-order valence-corrected chi connectivity index (χ0v) is 14.2. The van der Waals surface area contributed by atoms with Gasteiger partial charge in [-0.05, 0) is 42.0 Å². The van der Waals surface area contributed by atoms with Crippen molar-refractivity contribution in [1.29, 1.82) is 0 Å². The Bertz CT molecular complexity index is 836. The molecule has 134 valence electrons. The van der Waals surface area contributed by atoms with E-state index in [9.17, 15) is 14.0 Å². The average Bonchev–Trinajstić information content (AvgIpc) is 3.04. The number of ether oxygens (including phenoxy) is 1. The highest BCUT2D eigenvalue weighted by atomic mass is 19.1. The van der Waals surface area contributed by atoms with E-state index in [-0.39, 0.29) is 30.6 Å². The van der Waals surface area contributed by atoms with E-state index in [1.807, 2.05) is 18.2 Å². The van der Waals surface area contributed by atoms with Crippen molar-refractivity contribution in [2.45, 2.75) is 6.42 Å². The maximum Gasteiger partial charge on any atom is 0.245 e. The third kappa shape index (κ3) is 4.05. The first kappa shape index (κ1) is 17.6. The molecule has 2 aromatic rings. The van der Waals surface area contributed by atoms with E-state index in [1.54, 1.807) is 13.2 Å². The summed E-state index contributed by atoms with van der Waals surface area (Å²) in [5.41, 5.74) is 3.82. The molecule has 1 heterocycles. The van der Waals surface area contributed by atoms with Gasteiger partial charge in [-0.1, -0.05) is 12.1 Å². The minimum atomic E-state index is -0.505. The Morgan fingerprint density at radius 2 is 2.08 bits per heavy atom. The fourth-order valence-corrected chi connectivity index (χ4v) is 2.74. The van der Waals surface area contributed by atoms with Gasteiger partial charge in [0, 0.05) is 18.7 Å². The van der Waals surface area contributed by atoms with E-state index < -0.39 is 5.92 Å². The first-order valence-corrected chi connectivity index (χ1v) is 8.09. The van der Waals surface area contributed by atoms with Crippen molar-refractivity contribution < 1.29 is 18.7 Å². The number of benzene rings is 2. The molecule has 0 saturated carbocycles. The van der Waals surface area contributed by atoms with Crippen molar-refractivity contribution >= 4 is 23.7 Å². The summed E-state index contributed by atoms with van der Waals surface area (Å²) in [5, 5.41) is 3.94. The zero-order chi connectivity index (χ0) is 18.5. The van der Waals surface area contributed by atoms with Crippen LogP contribution in [0.2, 0.25) is 0 Å². The maximum absolute atomic E-state index is 13.0. The maximum atomic E-state index is 13.0. The minimum absolute atomic E-state index is 0.0951. The molecule has 0 aromatic heterocycles. The van der Waals surface area contributed by atoms with Crippen LogP contribution in [0.3, 0.4) is 0 Å². The Morgan fingerprint density at radius 3 is 2.81 bits per heavy atom. The molecule has 1 atom stereocenters. The molecule has 0 bridgehead atoms. The molecule has 1 aliphatic heterocycles. The van der Waals surface area contributed by atoms with Gasteiger partial charge in [-0.3, -0.25) is 9.59 Å². The first-order chi connectivity index (χ1) is 12.6. The molecule has 0 aliphatic carbocycles. The molecular weight excluding hydrogens is 337 g/mol. The number of methoxy groups -OCH3 is 1. The van der Waals surface area contributed by atoms with Gasteiger partial charge < -0.3 is 9.64 Å². The highest BCUT2D eigenvalue weighted by Crippen LogP contribution is 2.25. The number of anilines is 1. The van der Waals surface area contributed by atoms with Crippen molar-refractivity contribution in [2.24, 2.45) is 11.0 Å². The molecule has 2 aromatic carbocycles. The summed E-state index contributed by atoms with van der Waals surface area (Å²) < 4.78 is 18.1. The lowest BCUT2D eigenvalue weighted by Crippen LogP contribution is -2.30. The van der Waals surface area contributed by atoms with E-state index in [0.29, 0.717) is 11.4 Å².